The van der Waals surface area contributed by atoms with Crippen LogP contribution >= 0.6 is 0 Å². The van der Waals surface area contributed by atoms with Gasteiger partial charge in [-0.2, -0.15) is 0 Å². The Bertz CT molecular complexity index is 1000. The van der Waals surface area contributed by atoms with Crippen LogP contribution in [0.2, 0.25) is 0 Å². The zero-order chi connectivity index (χ0) is 18.8. The van der Waals surface area contributed by atoms with Crippen LogP contribution in [0, 0.1) is 20.8 Å². The van der Waals surface area contributed by atoms with Gasteiger partial charge in [-0.15, -0.1) is 0 Å². The molecule has 2 aromatic carbocycles. The predicted molar refractivity (Wildman–Crippen MR) is 98.4 cm³/mol. The standard InChI is InChI=1S/C20H20N2O4/c1-11-5-7-15(12(2)9-11)19(23)21-22-20(24)18-13(3)16-10-14(25-4)6-8-17(16)26-18/h5-10H,1-4H3,(H,21,23)(H,22,24). The second kappa shape index (κ2) is 6.92. The van der Waals surface area contributed by atoms with Crippen LogP contribution in [0.5, 0.6) is 5.75 Å². The number of carbonyl (C=O) groups excluding carboxylic acids is 2. The molecule has 0 saturated carbocycles. The number of carbonyl (C=O) groups is 2. The van der Waals surface area contributed by atoms with E-state index in [1.165, 1.54) is 0 Å². The van der Waals surface area contributed by atoms with Crippen LogP contribution in [-0.2, 0) is 0 Å². The summed E-state index contributed by atoms with van der Waals surface area (Å²) in [5, 5.41) is 0.787. The number of amides is 2. The number of hydrazine groups is 1. The highest BCUT2D eigenvalue weighted by Gasteiger charge is 2.19. The third kappa shape index (κ3) is 3.26. The molecule has 0 spiro atoms. The third-order valence-electron chi connectivity index (χ3n) is 4.27. The maximum atomic E-state index is 12.4. The summed E-state index contributed by atoms with van der Waals surface area (Å²) in [7, 11) is 1.58. The smallest absolute Gasteiger partial charge is 0.305 e. The number of aryl methyl sites for hydroxylation is 3. The van der Waals surface area contributed by atoms with Gasteiger partial charge < -0.3 is 9.15 Å². The van der Waals surface area contributed by atoms with Crippen molar-refractivity contribution in [1.82, 2.24) is 10.9 Å². The SMILES string of the molecule is COc1ccc2oc(C(=O)NNC(=O)c3ccc(C)cc3C)c(C)c2c1. The van der Waals surface area contributed by atoms with Crippen molar-refractivity contribution < 1.29 is 18.7 Å². The van der Waals surface area contributed by atoms with E-state index < -0.39 is 5.91 Å². The van der Waals surface area contributed by atoms with Crippen LogP contribution < -0.4 is 15.6 Å². The summed E-state index contributed by atoms with van der Waals surface area (Å²) in [6, 6.07) is 10.8. The Kier molecular flexibility index (Phi) is 4.67. The van der Waals surface area contributed by atoms with E-state index >= 15 is 0 Å². The molecule has 0 aliphatic carbocycles. The summed E-state index contributed by atoms with van der Waals surface area (Å²) >= 11 is 0. The lowest BCUT2D eigenvalue weighted by Gasteiger charge is -2.09. The van der Waals surface area contributed by atoms with Crippen LogP contribution in [0.15, 0.2) is 40.8 Å². The summed E-state index contributed by atoms with van der Waals surface area (Å²) in [5.41, 5.74) is 8.50. The molecule has 1 aromatic heterocycles. The van der Waals surface area contributed by atoms with Gasteiger partial charge >= 0.3 is 5.91 Å². The maximum absolute atomic E-state index is 12.4. The summed E-state index contributed by atoms with van der Waals surface area (Å²) in [6.07, 6.45) is 0. The molecule has 0 fully saturated rings. The van der Waals surface area contributed by atoms with Gasteiger partial charge in [0.15, 0.2) is 5.76 Å². The molecule has 3 aromatic rings. The Hall–Kier alpha value is -3.28. The fourth-order valence-electron chi connectivity index (χ4n) is 2.85. The first-order valence-electron chi connectivity index (χ1n) is 8.15. The Morgan fingerprint density at radius 3 is 2.38 bits per heavy atom. The molecular formula is C20H20N2O4. The highest BCUT2D eigenvalue weighted by molar-refractivity contribution is 6.02. The number of benzene rings is 2. The van der Waals surface area contributed by atoms with Crippen molar-refractivity contribution in [1.29, 1.82) is 0 Å². The Morgan fingerprint density at radius 2 is 1.69 bits per heavy atom. The van der Waals surface area contributed by atoms with E-state index in [1.807, 2.05) is 26.0 Å². The van der Waals surface area contributed by atoms with E-state index in [4.69, 9.17) is 9.15 Å². The Morgan fingerprint density at radius 1 is 0.962 bits per heavy atom. The fraction of sp³-hybridized carbons (Fsp3) is 0.200. The Labute approximate surface area is 151 Å². The van der Waals surface area contributed by atoms with Crippen LogP contribution in [0.25, 0.3) is 11.0 Å². The number of ether oxygens (including phenoxy) is 1. The van der Waals surface area contributed by atoms with Crippen LogP contribution in [0.3, 0.4) is 0 Å². The first-order chi connectivity index (χ1) is 12.4. The monoisotopic (exact) mass is 352 g/mol. The maximum Gasteiger partial charge on any atom is 0.305 e. The largest absolute Gasteiger partial charge is 0.497 e. The highest BCUT2D eigenvalue weighted by Crippen LogP contribution is 2.28. The van der Waals surface area contributed by atoms with Gasteiger partial charge in [0.05, 0.1) is 7.11 Å². The summed E-state index contributed by atoms with van der Waals surface area (Å²) in [5.74, 6) is -0.0762. The van der Waals surface area contributed by atoms with E-state index in [2.05, 4.69) is 10.9 Å². The number of methoxy groups -OCH3 is 1. The predicted octanol–water partition coefficient (Wildman–Crippen LogP) is 3.44. The minimum Gasteiger partial charge on any atom is -0.497 e. The second-order valence-corrected chi connectivity index (χ2v) is 6.14. The van der Waals surface area contributed by atoms with Gasteiger partial charge in [-0.1, -0.05) is 17.7 Å². The van der Waals surface area contributed by atoms with Crippen LogP contribution in [-0.4, -0.2) is 18.9 Å². The molecule has 26 heavy (non-hydrogen) atoms. The van der Waals surface area contributed by atoms with Crippen molar-refractivity contribution in [3.8, 4) is 5.75 Å². The molecule has 0 unspecified atom stereocenters. The van der Waals surface area contributed by atoms with Crippen molar-refractivity contribution in [2.75, 3.05) is 7.11 Å². The number of furan rings is 1. The van der Waals surface area contributed by atoms with Gasteiger partial charge in [0.2, 0.25) is 0 Å². The van der Waals surface area contributed by atoms with E-state index in [1.54, 1.807) is 38.3 Å². The lowest BCUT2D eigenvalue weighted by atomic mass is 10.1. The zero-order valence-corrected chi connectivity index (χ0v) is 15.1. The van der Waals surface area contributed by atoms with Gasteiger partial charge in [-0.05, 0) is 50.6 Å². The fourth-order valence-corrected chi connectivity index (χ4v) is 2.85. The van der Waals surface area contributed by atoms with Gasteiger partial charge in [0, 0.05) is 16.5 Å². The number of hydrogen-bond acceptors (Lipinski definition) is 4. The summed E-state index contributed by atoms with van der Waals surface area (Å²) in [6.45, 7) is 5.59. The summed E-state index contributed by atoms with van der Waals surface area (Å²) < 4.78 is 10.8. The minimum absolute atomic E-state index is 0.147. The Balaban J connectivity index is 1.77. The van der Waals surface area contributed by atoms with Crippen molar-refractivity contribution >= 4 is 22.8 Å². The normalized spacial score (nSPS) is 10.6. The van der Waals surface area contributed by atoms with Crippen molar-refractivity contribution in [3.05, 3.63) is 64.4 Å². The average molecular weight is 352 g/mol. The van der Waals surface area contributed by atoms with E-state index in [-0.39, 0.29) is 11.7 Å². The number of hydrogen-bond donors (Lipinski definition) is 2. The van der Waals surface area contributed by atoms with Gasteiger partial charge in [0.1, 0.15) is 11.3 Å². The molecular weight excluding hydrogens is 332 g/mol. The van der Waals surface area contributed by atoms with E-state index in [0.717, 1.165) is 16.5 Å². The van der Waals surface area contributed by atoms with Gasteiger partial charge in [0.25, 0.3) is 5.91 Å². The van der Waals surface area contributed by atoms with Gasteiger partial charge in [-0.25, -0.2) is 0 Å². The molecule has 2 N–H and O–H groups in total. The molecule has 0 bridgehead atoms. The highest BCUT2D eigenvalue weighted by atomic mass is 16.5. The molecule has 134 valence electrons. The molecule has 0 atom stereocenters. The first-order valence-corrected chi connectivity index (χ1v) is 8.15. The molecule has 6 nitrogen and oxygen atoms in total. The van der Waals surface area contributed by atoms with E-state index in [9.17, 15) is 9.59 Å². The molecule has 0 radical (unpaired) electrons. The molecule has 0 saturated heterocycles. The summed E-state index contributed by atoms with van der Waals surface area (Å²) in [4.78, 5) is 24.7. The topological polar surface area (TPSA) is 80.6 Å². The van der Waals surface area contributed by atoms with Crippen LogP contribution in [0.1, 0.15) is 37.6 Å². The molecule has 6 heteroatoms. The zero-order valence-electron chi connectivity index (χ0n) is 15.1. The first kappa shape index (κ1) is 17.5. The number of fused-ring (bicyclic) bond motifs is 1. The lowest BCUT2D eigenvalue weighted by Crippen LogP contribution is -2.42. The van der Waals surface area contributed by atoms with Crippen molar-refractivity contribution in [3.63, 3.8) is 0 Å². The van der Waals surface area contributed by atoms with Gasteiger partial charge in [-0.3, -0.25) is 20.4 Å². The van der Waals surface area contributed by atoms with Crippen molar-refractivity contribution in [2.45, 2.75) is 20.8 Å². The van der Waals surface area contributed by atoms with Crippen molar-refractivity contribution in [2.24, 2.45) is 0 Å². The lowest BCUT2D eigenvalue weighted by molar-refractivity contribution is 0.0831. The second-order valence-electron chi connectivity index (χ2n) is 6.14. The average Bonchev–Trinajstić information content (AvgIpc) is 2.95. The molecule has 3 rings (SSSR count). The quantitative estimate of drug-likeness (QED) is 0.708. The molecule has 0 aliphatic rings. The number of nitrogens with one attached hydrogen (secondary N) is 2. The third-order valence-corrected chi connectivity index (χ3v) is 4.27. The molecule has 0 aliphatic heterocycles. The number of rotatable bonds is 3. The minimum atomic E-state index is -0.518. The molecule has 2 amide bonds. The van der Waals surface area contributed by atoms with E-state index in [0.29, 0.717) is 22.5 Å². The molecule has 1 heterocycles. The van der Waals surface area contributed by atoms with Crippen LogP contribution in [0.4, 0.5) is 0 Å².